The Morgan fingerprint density at radius 3 is 3.00 bits per heavy atom. The molecule has 7 heteroatoms. The van der Waals surface area contributed by atoms with Crippen molar-refractivity contribution in [1.29, 1.82) is 0 Å². The standard InChI is InChI=1S/C16H21Cl2N3O2/c17-11-8-12(18)16(20-9-11)23-6-5-19-15(22)14-7-10-3-1-2-4-13(10)21-14/h8-10,13-14,21H,1-7H2,(H,19,22). The number of carbonyl (C=O) groups is 1. The minimum absolute atomic E-state index is 0.0539. The number of hydrogen-bond acceptors (Lipinski definition) is 4. The van der Waals surface area contributed by atoms with Crippen molar-refractivity contribution < 1.29 is 9.53 Å². The number of hydrogen-bond donors (Lipinski definition) is 2. The zero-order valence-electron chi connectivity index (χ0n) is 12.9. The molecule has 2 fully saturated rings. The third-order valence-electron chi connectivity index (χ3n) is 4.59. The Labute approximate surface area is 146 Å². The average molecular weight is 358 g/mol. The molecule has 0 radical (unpaired) electrons. The predicted octanol–water partition coefficient (Wildman–Crippen LogP) is 2.80. The Bertz CT molecular complexity index is 556. The summed E-state index contributed by atoms with van der Waals surface area (Å²) in [5.74, 6) is 1.04. The second-order valence-corrected chi connectivity index (χ2v) is 7.03. The fourth-order valence-corrected chi connectivity index (χ4v) is 3.91. The van der Waals surface area contributed by atoms with Gasteiger partial charge in [0.2, 0.25) is 11.8 Å². The third kappa shape index (κ3) is 4.28. The number of nitrogens with zero attached hydrogens (tertiary/aromatic N) is 1. The van der Waals surface area contributed by atoms with Crippen molar-refractivity contribution in [2.75, 3.05) is 13.2 Å². The van der Waals surface area contributed by atoms with Crippen LogP contribution in [-0.4, -0.2) is 36.1 Å². The Balaban J connectivity index is 1.39. The lowest BCUT2D eigenvalue weighted by Gasteiger charge is -2.24. The van der Waals surface area contributed by atoms with E-state index < -0.39 is 0 Å². The molecule has 0 aromatic carbocycles. The molecular weight excluding hydrogens is 337 g/mol. The van der Waals surface area contributed by atoms with Crippen LogP contribution >= 0.6 is 23.2 Å². The van der Waals surface area contributed by atoms with Crippen LogP contribution in [0.15, 0.2) is 12.3 Å². The molecule has 5 nitrogen and oxygen atoms in total. The van der Waals surface area contributed by atoms with Crippen LogP contribution in [0.25, 0.3) is 0 Å². The Hall–Kier alpha value is -1.04. The summed E-state index contributed by atoms with van der Waals surface area (Å²) in [5, 5.41) is 7.21. The van der Waals surface area contributed by atoms with Gasteiger partial charge in [-0.25, -0.2) is 4.98 Å². The van der Waals surface area contributed by atoms with E-state index in [0.717, 1.165) is 6.42 Å². The summed E-state index contributed by atoms with van der Waals surface area (Å²) in [4.78, 5) is 16.2. The molecule has 2 aliphatic rings. The van der Waals surface area contributed by atoms with Gasteiger partial charge in [0.25, 0.3) is 0 Å². The zero-order chi connectivity index (χ0) is 16.2. The molecule has 3 atom stereocenters. The van der Waals surface area contributed by atoms with Crippen molar-refractivity contribution in [3.8, 4) is 5.88 Å². The SMILES string of the molecule is O=C(NCCOc1ncc(Cl)cc1Cl)C1CC2CCCCC2N1. The highest BCUT2D eigenvalue weighted by atomic mass is 35.5. The van der Waals surface area contributed by atoms with E-state index in [1.807, 2.05) is 0 Å². The summed E-state index contributed by atoms with van der Waals surface area (Å²) >= 11 is 11.8. The van der Waals surface area contributed by atoms with Gasteiger partial charge in [-0.1, -0.05) is 36.0 Å². The molecule has 3 unspecified atom stereocenters. The molecule has 1 aromatic rings. The zero-order valence-corrected chi connectivity index (χ0v) is 14.4. The largest absolute Gasteiger partial charge is 0.475 e. The van der Waals surface area contributed by atoms with Crippen LogP contribution in [0.4, 0.5) is 0 Å². The van der Waals surface area contributed by atoms with Crippen molar-refractivity contribution in [3.05, 3.63) is 22.3 Å². The van der Waals surface area contributed by atoms with Crippen LogP contribution < -0.4 is 15.4 Å². The fourth-order valence-electron chi connectivity index (χ4n) is 3.47. The van der Waals surface area contributed by atoms with Gasteiger partial charge in [0, 0.05) is 12.2 Å². The summed E-state index contributed by atoms with van der Waals surface area (Å²) in [6.07, 6.45) is 7.42. The van der Waals surface area contributed by atoms with Gasteiger partial charge in [-0.15, -0.1) is 0 Å². The minimum Gasteiger partial charge on any atom is -0.475 e. The number of carbonyl (C=O) groups excluding carboxylic acids is 1. The van der Waals surface area contributed by atoms with Gasteiger partial charge in [0.1, 0.15) is 11.6 Å². The Kier molecular flexibility index (Phi) is 5.62. The van der Waals surface area contributed by atoms with Gasteiger partial charge < -0.3 is 15.4 Å². The van der Waals surface area contributed by atoms with Crippen molar-refractivity contribution in [1.82, 2.24) is 15.6 Å². The maximum absolute atomic E-state index is 12.2. The first kappa shape index (κ1) is 16.8. The van der Waals surface area contributed by atoms with Gasteiger partial charge >= 0.3 is 0 Å². The van der Waals surface area contributed by atoms with E-state index in [1.54, 1.807) is 6.07 Å². The number of ether oxygens (including phenoxy) is 1. The number of halogens is 2. The highest BCUT2D eigenvalue weighted by Gasteiger charge is 2.37. The lowest BCUT2D eigenvalue weighted by Crippen LogP contribution is -2.44. The van der Waals surface area contributed by atoms with E-state index in [4.69, 9.17) is 27.9 Å². The number of rotatable bonds is 5. The lowest BCUT2D eigenvalue weighted by atomic mass is 9.85. The van der Waals surface area contributed by atoms with Crippen molar-refractivity contribution >= 4 is 29.1 Å². The van der Waals surface area contributed by atoms with Crippen LogP contribution in [0.5, 0.6) is 5.88 Å². The number of fused-ring (bicyclic) bond motifs is 1. The Morgan fingerprint density at radius 2 is 2.22 bits per heavy atom. The van der Waals surface area contributed by atoms with Crippen molar-refractivity contribution in [3.63, 3.8) is 0 Å². The number of nitrogens with one attached hydrogen (secondary N) is 2. The van der Waals surface area contributed by atoms with E-state index in [9.17, 15) is 4.79 Å². The van der Waals surface area contributed by atoms with E-state index in [1.165, 1.54) is 31.9 Å². The number of amides is 1. The van der Waals surface area contributed by atoms with Crippen LogP contribution in [0.2, 0.25) is 10.0 Å². The second-order valence-electron chi connectivity index (χ2n) is 6.19. The van der Waals surface area contributed by atoms with Gasteiger partial charge in [0.15, 0.2) is 0 Å². The van der Waals surface area contributed by atoms with E-state index >= 15 is 0 Å². The van der Waals surface area contributed by atoms with Gasteiger partial charge in [-0.2, -0.15) is 0 Å². The van der Waals surface area contributed by atoms with Crippen molar-refractivity contribution in [2.24, 2.45) is 5.92 Å². The molecule has 23 heavy (non-hydrogen) atoms. The molecule has 2 N–H and O–H groups in total. The first-order valence-corrected chi connectivity index (χ1v) is 8.86. The van der Waals surface area contributed by atoms with Crippen molar-refractivity contribution in [2.45, 2.75) is 44.2 Å². The monoisotopic (exact) mass is 357 g/mol. The third-order valence-corrected chi connectivity index (χ3v) is 5.07. The maximum Gasteiger partial charge on any atom is 0.237 e. The molecule has 1 amide bonds. The highest BCUT2D eigenvalue weighted by Crippen LogP contribution is 2.33. The second kappa shape index (κ2) is 7.69. The fraction of sp³-hybridized carbons (Fsp3) is 0.625. The first-order chi connectivity index (χ1) is 11.1. The summed E-state index contributed by atoms with van der Waals surface area (Å²) in [5.41, 5.74) is 0. The van der Waals surface area contributed by atoms with Crippen LogP contribution in [0.1, 0.15) is 32.1 Å². The van der Waals surface area contributed by atoms with Gasteiger partial charge in [0.05, 0.1) is 17.6 Å². The normalized spacial score (nSPS) is 26.6. The van der Waals surface area contributed by atoms with Crippen LogP contribution in [0, 0.1) is 5.92 Å². The molecule has 1 aliphatic carbocycles. The van der Waals surface area contributed by atoms with E-state index in [0.29, 0.717) is 41.0 Å². The molecule has 1 aromatic heterocycles. The molecule has 0 bridgehead atoms. The minimum atomic E-state index is -0.0691. The quantitative estimate of drug-likeness (QED) is 0.795. The molecule has 1 aliphatic heterocycles. The van der Waals surface area contributed by atoms with Crippen LogP contribution in [0.3, 0.4) is 0 Å². The molecule has 2 heterocycles. The molecular formula is C16H21Cl2N3O2. The van der Waals surface area contributed by atoms with Gasteiger partial charge in [-0.05, 0) is 31.2 Å². The lowest BCUT2D eigenvalue weighted by molar-refractivity contribution is -0.123. The van der Waals surface area contributed by atoms with E-state index in [2.05, 4.69) is 15.6 Å². The van der Waals surface area contributed by atoms with Gasteiger partial charge in [-0.3, -0.25) is 4.79 Å². The molecule has 1 saturated heterocycles. The van der Waals surface area contributed by atoms with Crippen LogP contribution in [-0.2, 0) is 4.79 Å². The first-order valence-electron chi connectivity index (χ1n) is 8.11. The number of aromatic nitrogens is 1. The topological polar surface area (TPSA) is 63.2 Å². The predicted molar refractivity (Wildman–Crippen MR) is 90.0 cm³/mol. The smallest absolute Gasteiger partial charge is 0.237 e. The summed E-state index contributed by atoms with van der Waals surface area (Å²) in [6, 6.07) is 2.03. The average Bonchev–Trinajstić information content (AvgIpc) is 2.97. The molecule has 0 spiro atoms. The maximum atomic E-state index is 12.2. The summed E-state index contributed by atoms with van der Waals surface area (Å²) in [7, 11) is 0. The Morgan fingerprint density at radius 1 is 1.39 bits per heavy atom. The molecule has 1 saturated carbocycles. The molecule has 126 valence electrons. The highest BCUT2D eigenvalue weighted by molar-refractivity contribution is 6.35. The summed E-state index contributed by atoms with van der Waals surface area (Å²) in [6.45, 7) is 0.743. The van der Waals surface area contributed by atoms with E-state index in [-0.39, 0.29) is 11.9 Å². The summed E-state index contributed by atoms with van der Waals surface area (Å²) < 4.78 is 5.46. The molecule has 3 rings (SSSR count). The number of pyridine rings is 1.